The zero-order valence-electron chi connectivity index (χ0n) is 6.56. The van der Waals surface area contributed by atoms with Gasteiger partial charge in [0.05, 0.1) is 7.11 Å². The van der Waals surface area contributed by atoms with E-state index in [4.69, 9.17) is 4.55 Å². The van der Waals surface area contributed by atoms with Crippen molar-refractivity contribution in [2.75, 3.05) is 7.11 Å². The first-order chi connectivity index (χ1) is 5.96. The van der Waals surface area contributed by atoms with Gasteiger partial charge in [0.1, 0.15) is 0 Å². The first-order valence-electron chi connectivity index (χ1n) is 3.13. The summed E-state index contributed by atoms with van der Waals surface area (Å²) in [5.74, 6) is -0.142. The van der Waals surface area contributed by atoms with Crippen LogP contribution < -0.4 is 4.74 Å². The van der Waals surface area contributed by atoms with E-state index in [1.807, 2.05) is 0 Å². The maximum atomic E-state index is 10.8. The van der Waals surface area contributed by atoms with Crippen LogP contribution in [0.15, 0.2) is 21.6 Å². The van der Waals surface area contributed by atoms with E-state index in [2.05, 4.69) is 25.7 Å². The summed E-state index contributed by atoms with van der Waals surface area (Å²) >= 11 is 2.96. The molecule has 0 atom stereocenters. The van der Waals surface area contributed by atoms with Crippen molar-refractivity contribution in [2.24, 2.45) is 0 Å². The van der Waals surface area contributed by atoms with E-state index in [9.17, 15) is 8.42 Å². The van der Waals surface area contributed by atoms with Gasteiger partial charge in [-0.25, -0.2) is 4.98 Å². The van der Waals surface area contributed by atoms with Crippen LogP contribution in [0.1, 0.15) is 0 Å². The van der Waals surface area contributed by atoms with Crippen molar-refractivity contribution in [3.63, 3.8) is 0 Å². The second-order valence-electron chi connectivity index (χ2n) is 2.11. The van der Waals surface area contributed by atoms with Crippen molar-refractivity contribution in [1.82, 2.24) is 4.98 Å². The Labute approximate surface area is 83.6 Å². The summed E-state index contributed by atoms with van der Waals surface area (Å²) in [6.07, 6.45) is 1.36. The average Bonchev–Trinajstić information content (AvgIpc) is 2.01. The molecule has 0 saturated carbocycles. The fourth-order valence-electron chi connectivity index (χ4n) is 0.786. The molecule has 0 spiro atoms. The van der Waals surface area contributed by atoms with Crippen LogP contribution in [0.2, 0.25) is 0 Å². The Morgan fingerprint density at radius 2 is 2.23 bits per heavy atom. The van der Waals surface area contributed by atoms with Gasteiger partial charge in [0, 0.05) is 10.7 Å². The maximum absolute atomic E-state index is 10.8. The van der Waals surface area contributed by atoms with E-state index >= 15 is 0 Å². The molecule has 5 nitrogen and oxygen atoms in total. The topological polar surface area (TPSA) is 76.5 Å². The van der Waals surface area contributed by atoms with E-state index in [1.165, 1.54) is 19.4 Å². The predicted molar refractivity (Wildman–Crippen MR) is 48.3 cm³/mol. The van der Waals surface area contributed by atoms with Crippen molar-refractivity contribution < 1.29 is 17.7 Å². The van der Waals surface area contributed by atoms with Gasteiger partial charge in [0.15, 0.2) is 4.90 Å². The maximum Gasteiger partial charge on any atom is 0.301 e. The fraction of sp³-hybridized carbons (Fsp3) is 0.167. The molecule has 0 aliphatic heterocycles. The van der Waals surface area contributed by atoms with Crippen molar-refractivity contribution >= 4 is 26.0 Å². The first-order valence-corrected chi connectivity index (χ1v) is 5.36. The Morgan fingerprint density at radius 1 is 1.62 bits per heavy atom. The number of rotatable bonds is 2. The van der Waals surface area contributed by atoms with Gasteiger partial charge in [-0.2, -0.15) is 8.42 Å². The van der Waals surface area contributed by atoms with Gasteiger partial charge < -0.3 is 4.74 Å². The Morgan fingerprint density at radius 3 is 2.62 bits per heavy atom. The summed E-state index contributed by atoms with van der Waals surface area (Å²) in [6.45, 7) is 0. The molecular formula is C6H6BrNO4S. The number of hydrogen-bond acceptors (Lipinski definition) is 4. The van der Waals surface area contributed by atoms with E-state index < -0.39 is 10.1 Å². The molecule has 0 amide bonds. The molecule has 72 valence electrons. The number of hydrogen-bond donors (Lipinski definition) is 1. The number of pyridine rings is 1. The molecule has 0 radical (unpaired) electrons. The molecular weight excluding hydrogens is 262 g/mol. The largest absolute Gasteiger partial charge is 0.480 e. The van der Waals surface area contributed by atoms with Gasteiger partial charge in [0.25, 0.3) is 0 Å². The minimum atomic E-state index is -4.31. The third-order valence-corrected chi connectivity index (χ3v) is 3.11. The van der Waals surface area contributed by atoms with Crippen LogP contribution in [0.25, 0.3) is 0 Å². The summed E-state index contributed by atoms with van der Waals surface area (Å²) in [6, 6.07) is 1.39. The van der Waals surface area contributed by atoms with Gasteiger partial charge in [0.2, 0.25) is 5.88 Å². The minimum absolute atomic E-state index is 0.142. The molecule has 0 saturated heterocycles. The van der Waals surface area contributed by atoms with Gasteiger partial charge in [-0.15, -0.1) is 0 Å². The van der Waals surface area contributed by atoms with Crippen LogP contribution >= 0.6 is 15.9 Å². The molecule has 1 heterocycles. The lowest BCUT2D eigenvalue weighted by molar-refractivity contribution is 0.380. The Hall–Kier alpha value is -0.660. The third-order valence-electron chi connectivity index (χ3n) is 1.28. The van der Waals surface area contributed by atoms with E-state index in [1.54, 1.807) is 0 Å². The first kappa shape index (κ1) is 10.4. The minimum Gasteiger partial charge on any atom is -0.480 e. The second kappa shape index (κ2) is 3.60. The van der Waals surface area contributed by atoms with Gasteiger partial charge in [-0.1, -0.05) is 0 Å². The molecule has 0 aromatic carbocycles. The zero-order chi connectivity index (χ0) is 10.1. The lowest BCUT2D eigenvalue weighted by atomic mass is 10.5. The van der Waals surface area contributed by atoms with Crippen molar-refractivity contribution in [3.8, 4) is 5.88 Å². The highest BCUT2D eigenvalue weighted by molar-refractivity contribution is 9.10. The van der Waals surface area contributed by atoms with Crippen LogP contribution in [-0.4, -0.2) is 25.1 Å². The molecule has 0 aliphatic rings. The zero-order valence-corrected chi connectivity index (χ0v) is 8.96. The average molecular weight is 268 g/mol. The van der Waals surface area contributed by atoms with Crippen molar-refractivity contribution in [2.45, 2.75) is 4.90 Å². The predicted octanol–water partition coefficient (Wildman–Crippen LogP) is 1.10. The summed E-state index contributed by atoms with van der Waals surface area (Å²) in [7, 11) is -3.04. The van der Waals surface area contributed by atoms with Crippen LogP contribution in [-0.2, 0) is 10.1 Å². The fourth-order valence-corrected chi connectivity index (χ4v) is 2.36. The quantitative estimate of drug-likeness (QED) is 0.813. The van der Waals surface area contributed by atoms with Gasteiger partial charge in [-0.05, 0) is 22.0 Å². The number of nitrogens with zero attached hydrogens (tertiary/aromatic N) is 1. The van der Waals surface area contributed by atoms with Gasteiger partial charge >= 0.3 is 10.1 Å². The highest BCUT2D eigenvalue weighted by Crippen LogP contribution is 2.28. The SMILES string of the molecule is COc1nccc(Br)c1S(=O)(=O)O. The second-order valence-corrected chi connectivity index (χ2v) is 4.32. The van der Waals surface area contributed by atoms with E-state index in [0.717, 1.165) is 0 Å². The number of ether oxygens (including phenoxy) is 1. The molecule has 7 heteroatoms. The third kappa shape index (κ3) is 2.17. The molecule has 13 heavy (non-hydrogen) atoms. The summed E-state index contributed by atoms with van der Waals surface area (Å²) in [5.41, 5.74) is 0. The molecule has 0 fully saturated rings. The Balaban J connectivity index is 3.50. The molecule has 0 aliphatic carbocycles. The van der Waals surface area contributed by atoms with Crippen LogP contribution in [0.5, 0.6) is 5.88 Å². The van der Waals surface area contributed by atoms with Crippen molar-refractivity contribution in [1.29, 1.82) is 0 Å². The molecule has 1 N–H and O–H groups in total. The number of halogens is 1. The molecule has 1 rings (SSSR count). The van der Waals surface area contributed by atoms with Crippen LogP contribution in [0, 0.1) is 0 Å². The summed E-state index contributed by atoms with van der Waals surface area (Å²) in [5, 5.41) is 0. The van der Waals surface area contributed by atoms with Gasteiger partial charge in [-0.3, -0.25) is 4.55 Å². The van der Waals surface area contributed by atoms with E-state index in [-0.39, 0.29) is 15.2 Å². The smallest absolute Gasteiger partial charge is 0.301 e. The molecule has 0 unspecified atom stereocenters. The lowest BCUT2D eigenvalue weighted by Gasteiger charge is -2.05. The Kier molecular flexibility index (Phi) is 2.89. The lowest BCUT2D eigenvalue weighted by Crippen LogP contribution is -2.03. The normalized spacial score (nSPS) is 11.3. The Bertz CT molecular complexity index is 417. The van der Waals surface area contributed by atoms with E-state index in [0.29, 0.717) is 0 Å². The molecule has 0 bridgehead atoms. The number of methoxy groups -OCH3 is 1. The van der Waals surface area contributed by atoms with Crippen LogP contribution in [0.3, 0.4) is 0 Å². The highest BCUT2D eigenvalue weighted by atomic mass is 79.9. The molecule has 1 aromatic rings. The monoisotopic (exact) mass is 267 g/mol. The summed E-state index contributed by atoms with van der Waals surface area (Å²) in [4.78, 5) is 3.27. The highest BCUT2D eigenvalue weighted by Gasteiger charge is 2.20. The number of aromatic nitrogens is 1. The summed E-state index contributed by atoms with van der Waals surface area (Å²) < 4.78 is 35.4. The molecule has 1 aromatic heterocycles. The standard InChI is InChI=1S/C6H6BrNO4S/c1-12-6-5(13(9,10)11)4(7)2-3-8-6/h2-3H,1H3,(H,9,10,11). The van der Waals surface area contributed by atoms with Crippen molar-refractivity contribution in [3.05, 3.63) is 16.7 Å². The van der Waals surface area contributed by atoms with Crippen LogP contribution in [0.4, 0.5) is 0 Å².